The first-order valence-electron chi connectivity index (χ1n) is 11.8. The van der Waals surface area contributed by atoms with Crippen molar-refractivity contribution in [2.45, 2.75) is 24.5 Å². The molecule has 0 bridgehead atoms. The fourth-order valence-electron chi connectivity index (χ4n) is 3.86. The number of hydrogen-bond acceptors (Lipinski definition) is 6. The van der Waals surface area contributed by atoms with Crippen LogP contribution in [0.2, 0.25) is 0 Å². The molecule has 1 amide bonds. The zero-order valence-corrected chi connectivity index (χ0v) is 21.8. The summed E-state index contributed by atoms with van der Waals surface area (Å²) in [4.78, 5) is 19.9. The first-order valence-corrected chi connectivity index (χ1v) is 13.2. The lowest BCUT2D eigenvalue weighted by Gasteiger charge is -2.21. The smallest absolute Gasteiger partial charge is 0.370 e. The van der Waals surface area contributed by atoms with Crippen LogP contribution in [0.4, 0.5) is 13.2 Å². The van der Waals surface area contributed by atoms with E-state index in [1.54, 1.807) is 7.05 Å². The average Bonchev–Trinajstić information content (AvgIpc) is 3.35. The van der Waals surface area contributed by atoms with E-state index < -0.39 is 26.7 Å². The first kappa shape index (κ1) is 28.6. The molecule has 0 aromatic heterocycles. The highest BCUT2D eigenvalue weighted by Crippen LogP contribution is 2.34. The normalized spacial score (nSPS) is 14.2. The summed E-state index contributed by atoms with van der Waals surface area (Å²) in [6.45, 7) is 4.36. The quantitative estimate of drug-likeness (QED) is 0.409. The van der Waals surface area contributed by atoms with Gasteiger partial charge in [-0.05, 0) is 24.6 Å². The minimum atomic E-state index is -4.81. The molecule has 0 aliphatic carbocycles. The maximum absolute atomic E-state index is 13.2. The molecule has 0 radical (unpaired) electrons. The van der Waals surface area contributed by atoms with E-state index in [1.807, 2.05) is 24.3 Å². The number of sulfonamides is 1. The molecule has 0 saturated carbocycles. The fraction of sp³-hybridized carbons (Fsp3) is 0.440. The van der Waals surface area contributed by atoms with Gasteiger partial charge in [0.2, 0.25) is 15.9 Å². The SMILES string of the molecule is CCN1CCN=C1c1ccc(CN(C)C(=O)COCCN(C)S(=O)(=O)c2ccccc2C(F)(F)F)cc1. The Labute approximate surface area is 215 Å². The number of amides is 1. The van der Waals surface area contributed by atoms with Crippen LogP contribution in [0.3, 0.4) is 0 Å². The summed E-state index contributed by atoms with van der Waals surface area (Å²) in [5.74, 6) is 0.662. The molecular formula is C25H31F3N4O4S. The Morgan fingerprint density at radius 3 is 2.43 bits per heavy atom. The van der Waals surface area contributed by atoms with Gasteiger partial charge in [0.25, 0.3) is 0 Å². The predicted molar refractivity (Wildman–Crippen MR) is 134 cm³/mol. The highest BCUT2D eigenvalue weighted by Gasteiger charge is 2.38. The molecule has 1 heterocycles. The largest absolute Gasteiger partial charge is 0.417 e. The van der Waals surface area contributed by atoms with Crippen LogP contribution in [0, 0.1) is 0 Å². The second kappa shape index (κ2) is 12.1. The Bertz CT molecular complexity index is 1220. The van der Waals surface area contributed by atoms with Gasteiger partial charge in [0, 0.05) is 45.8 Å². The van der Waals surface area contributed by atoms with Crippen LogP contribution < -0.4 is 0 Å². The number of carbonyl (C=O) groups excluding carboxylic acids is 1. The van der Waals surface area contributed by atoms with Crippen molar-refractivity contribution in [3.8, 4) is 0 Å². The Hall–Kier alpha value is -2.96. The summed E-state index contributed by atoms with van der Waals surface area (Å²) in [6, 6.07) is 11.8. The average molecular weight is 541 g/mol. The van der Waals surface area contributed by atoms with Gasteiger partial charge >= 0.3 is 6.18 Å². The summed E-state index contributed by atoms with van der Waals surface area (Å²) in [5, 5.41) is 0. The van der Waals surface area contributed by atoms with E-state index in [4.69, 9.17) is 4.74 Å². The van der Waals surface area contributed by atoms with E-state index in [0.29, 0.717) is 6.54 Å². The molecule has 0 atom stereocenters. The number of benzene rings is 2. The third kappa shape index (κ3) is 7.08. The number of hydrogen-bond donors (Lipinski definition) is 0. The van der Waals surface area contributed by atoms with Gasteiger partial charge in [0.1, 0.15) is 12.4 Å². The minimum Gasteiger partial charge on any atom is -0.370 e. The summed E-state index contributed by atoms with van der Waals surface area (Å²) in [6.07, 6.45) is -4.81. The number of likely N-dealkylation sites (N-methyl/N-ethyl adjacent to an activating group) is 3. The van der Waals surface area contributed by atoms with Crippen LogP contribution in [-0.2, 0) is 32.3 Å². The van der Waals surface area contributed by atoms with Crippen molar-refractivity contribution in [2.24, 2.45) is 4.99 Å². The number of alkyl halides is 3. The van der Waals surface area contributed by atoms with Crippen molar-refractivity contribution < 1.29 is 31.1 Å². The molecule has 0 saturated heterocycles. The van der Waals surface area contributed by atoms with E-state index in [1.165, 1.54) is 18.0 Å². The van der Waals surface area contributed by atoms with E-state index in [2.05, 4.69) is 16.8 Å². The lowest BCUT2D eigenvalue weighted by molar-refractivity contribution is -0.140. The van der Waals surface area contributed by atoms with Crippen LogP contribution in [-0.4, -0.2) is 87.8 Å². The molecule has 202 valence electrons. The summed E-state index contributed by atoms with van der Waals surface area (Å²) >= 11 is 0. The Balaban J connectivity index is 1.48. The third-order valence-corrected chi connectivity index (χ3v) is 7.94. The summed E-state index contributed by atoms with van der Waals surface area (Å²) < 4.78 is 71.1. The zero-order chi connectivity index (χ0) is 27.2. The molecule has 0 spiro atoms. The number of carbonyl (C=O) groups is 1. The van der Waals surface area contributed by atoms with Gasteiger partial charge in [-0.2, -0.15) is 17.5 Å². The van der Waals surface area contributed by atoms with Crippen molar-refractivity contribution in [1.82, 2.24) is 14.1 Å². The van der Waals surface area contributed by atoms with Gasteiger partial charge < -0.3 is 14.5 Å². The molecule has 8 nitrogen and oxygen atoms in total. The van der Waals surface area contributed by atoms with Gasteiger partial charge in [0.15, 0.2) is 0 Å². The number of rotatable bonds is 11. The lowest BCUT2D eigenvalue weighted by atomic mass is 10.1. The first-order chi connectivity index (χ1) is 17.4. The van der Waals surface area contributed by atoms with Gasteiger partial charge in [-0.15, -0.1) is 0 Å². The van der Waals surface area contributed by atoms with E-state index >= 15 is 0 Å². The van der Waals surface area contributed by atoms with Gasteiger partial charge in [0.05, 0.1) is 23.6 Å². The monoisotopic (exact) mass is 540 g/mol. The molecule has 2 aromatic carbocycles. The van der Waals surface area contributed by atoms with Crippen LogP contribution in [0.1, 0.15) is 23.6 Å². The predicted octanol–water partition coefficient (Wildman–Crippen LogP) is 3.08. The number of ether oxygens (including phenoxy) is 1. The van der Waals surface area contributed by atoms with Gasteiger partial charge in [-0.3, -0.25) is 9.79 Å². The standard InChI is InChI=1S/C25H31F3N4O4S/c1-4-32-14-13-29-24(32)20-11-9-19(10-12-20)17-30(2)23(33)18-36-16-15-31(3)37(34,35)22-8-6-5-7-21(22)25(26,27)28/h5-12H,4,13-18H2,1-3H3. The van der Waals surface area contributed by atoms with Crippen molar-refractivity contribution in [2.75, 3.05) is 53.5 Å². The van der Waals surface area contributed by atoms with E-state index in [-0.39, 0.29) is 25.7 Å². The Morgan fingerprint density at radius 1 is 1.11 bits per heavy atom. The topological polar surface area (TPSA) is 82.5 Å². The molecule has 2 aromatic rings. The van der Waals surface area contributed by atoms with Crippen LogP contribution in [0.5, 0.6) is 0 Å². The minimum absolute atomic E-state index is 0.159. The zero-order valence-electron chi connectivity index (χ0n) is 21.0. The second-order valence-corrected chi connectivity index (χ2v) is 10.6. The maximum atomic E-state index is 13.2. The molecule has 12 heteroatoms. The number of amidine groups is 1. The highest BCUT2D eigenvalue weighted by atomic mass is 32.2. The third-order valence-electron chi connectivity index (χ3n) is 6.03. The Morgan fingerprint density at radius 2 is 1.78 bits per heavy atom. The second-order valence-electron chi connectivity index (χ2n) is 8.60. The summed E-state index contributed by atoms with van der Waals surface area (Å²) in [7, 11) is -1.60. The van der Waals surface area contributed by atoms with Crippen molar-refractivity contribution in [3.63, 3.8) is 0 Å². The number of nitrogens with zero attached hydrogens (tertiary/aromatic N) is 4. The van der Waals surface area contributed by atoms with Crippen molar-refractivity contribution in [1.29, 1.82) is 0 Å². The lowest BCUT2D eigenvalue weighted by Crippen LogP contribution is -2.34. The molecular weight excluding hydrogens is 509 g/mol. The van der Waals surface area contributed by atoms with Crippen LogP contribution in [0.25, 0.3) is 0 Å². The molecule has 0 fully saturated rings. The highest BCUT2D eigenvalue weighted by molar-refractivity contribution is 7.89. The van der Waals surface area contributed by atoms with E-state index in [9.17, 15) is 26.4 Å². The van der Waals surface area contributed by atoms with Gasteiger partial charge in [-0.25, -0.2) is 8.42 Å². The summed E-state index contributed by atoms with van der Waals surface area (Å²) in [5.41, 5.74) is 0.722. The maximum Gasteiger partial charge on any atom is 0.417 e. The number of halogens is 3. The molecule has 37 heavy (non-hydrogen) atoms. The van der Waals surface area contributed by atoms with Crippen LogP contribution >= 0.6 is 0 Å². The fourth-order valence-corrected chi connectivity index (χ4v) is 5.23. The van der Waals surface area contributed by atoms with Crippen LogP contribution in [0.15, 0.2) is 58.4 Å². The molecule has 0 unspecified atom stereocenters. The molecule has 0 N–H and O–H groups in total. The van der Waals surface area contributed by atoms with Gasteiger partial charge in [-0.1, -0.05) is 36.4 Å². The van der Waals surface area contributed by atoms with Crippen molar-refractivity contribution in [3.05, 3.63) is 65.2 Å². The van der Waals surface area contributed by atoms with E-state index in [0.717, 1.165) is 59.1 Å². The molecule has 3 rings (SSSR count). The van der Waals surface area contributed by atoms with Crippen molar-refractivity contribution >= 4 is 21.8 Å². The molecule has 1 aliphatic rings. The molecule has 1 aliphatic heterocycles. The number of aliphatic imine (C=N–C) groups is 1. The Kier molecular flexibility index (Phi) is 9.32.